The van der Waals surface area contributed by atoms with E-state index in [1.54, 1.807) is 18.4 Å². The molecule has 0 aliphatic carbocycles. The largest absolute Gasteiger partial charge is 0.494 e. The lowest BCUT2D eigenvalue weighted by molar-refractivity contribution is 0.413. The van der Waals surface area contributed by atoms with Crippen molar-refractivity contribution < 1.29 is 4.74 Å². The summed E-state index contributed by atoms with van der Waals surface area (Å²) in [6, 6.07) is 0. The van der Waals surface area contributed by atoms with Gasteiger partial charge in [0.05, 0.1) is 12.7 Å². The number of thiophene rings is 1. The fraction of sp³-hybridized carbons (Fsp3) is 0.455. The summed E-state index contributed by atoms with van der Waals surface area (Å²) in [6.07, 6.45) is 0. The highest BCUT2D eigenvalue weighted by molar-refractivity contribution is 7.10. The smallest absolute Gasteiger partial charge is 0.148 e. The number of ether oxygens (including phenoxy) is 1. The van der Waals surface area contributed by atoms with Crippen molar-refractivity contribution >= 4 is 19.4 Å². The summed E-state index contributed by atoms with van der Waals surface area (Å²) in [5, 5.41) is 2.07. The summed E-state index contributed by atoms with van der Waals surface area (Å²) in [7, 11) is 0.425. The quantitative estimate of drug-likeness (QED) is 0.525. The molecule has 1 rings (SSSR count). The normalized spacial score (nSPS) is 10.6. The molecule has 0 aromatic carbocycles. The predicted octanol–water partition coefficient (Wildman–Crippen LogP) is 3.29. The lowest BCUT2D eigenvalue weighted by Gasteiger charge is -2.03. The second-order valence-corrected chi connectivity index (χ2v) is 10.1. The van der Waals surface area contributed by atoms with Crippen LogP contribution in [-0.2, 0) is 0 Å². The molecule has 0 saturated heterocycles. The SMILES string of the molecule is COc1c(C#C[Si](C)(C)C)csc1C. The van der Waals surface area contributed by atoms with Crippen LogP contribution in [0.1, 0.15) is 10.4 Å². The van der Waals surface area contributed by atoms with Crippen LogP contribution in [0, 0.1) is 18.4 Å². The summed E-state index contributed by atoms with van der Waals surface area (Å²) in [5.41, 5.74) is 4.38. The number of aryl methyl sites for hydroxylation is 1. The molecule has 1 heterocycles. The molecule has 0 unspecified atom stereocenters. The first-order valence-corrected chi connectivity index (χ1v) is 8.97. The first kappa shape index (κ1) is 11.4. The van der Waals surface area contributed by atoms with E-state index in [0.29, 0.717) is 0 Å². The van der Waals surface area contributed by atoms with Crippen molar-refractivity contribution in [1.29, 1.82) is 0 Å². The highest BCUT2D eigenvalue weighted by atomic mass is 32.1. The molecule has 76 valence electrons. The minimum Gasteiger partial charge on any atom is -0.494 e. The molecule has 0 atom stereocenters. The van der Waals surface area contributed by atoms with E-state index >= 15 is 0 Å². The number of methoxy groups -OCH3 is 1. The number of rotatable bonds is 1. The fourth-order valence-electron chi connectivity index (χ4n) is 1.04. The van der Waals surface area contributed by atoms with Crippen LogP contribution in [0.5, 0.6) is 5.75 Å². The zero-order valence-corrected chi connectivity index (χ0v) is 11.2. The third-order valence-corrected chi connectivity index (χ3v) is 3.46. The van der Waals surface area contributed by atoms with Gasteiger partial charge in [-0.05, 0) is 6.92 Å². The lowest BCUT2D eigenvalue weighted by Crippen LogP contribution is -2.16. The zero-order valence-electron chi connectivity index (χ0n) is 9.39. The van der Waals surface area contributed by atoms with Gasteiger partial charge in [-0.15, -0.1) is 16.9 Å². The molecule has 1 nitrogen and oxygen atoms in total. The van der Waals surface area contributed by atoms with E-state index in [1.165, 1.54) is 4.88 Å². The highest BCUT2D eigenvalue weighted by Crippen LogP contribution is 2.28. The Labute approximate surface area is 91.1 Å². The van der Waals surface area contributed by atoms with Gasteiger partial charge in [0.2, 0.25) is 0 Å². The first-order chi connectivity index (χ1) is 6.44. The molecule has 1 aromatic heterocycles. The van der Waals surface area contributed by atoms with Gasteiger partial charge in [0, 0.05) is 10.3 Å². The minimum atomic E-state index is -1.28. The van der Waals surface area contributed by atoms with Crippen molar-refractivity contribution in [3.05, 3.63) is 15.8 Å². The van der Waals surface area contributed by atoms with Crippen LogP contribution in [0.15, 0.2) is 5.38 Å². The maximum atomic E-state index is 5.30. The molecule has 0 bridgehead atoms. The van der Waals surface area contributed by atoms with Gasteiger partial charge < -0.3 is 4.74 Å². The molecule has 0 fully saturated rings. The minimum absolute atomic E-state index is 0.945. The Morgan fingerprint density at radius 2 is 2.00 bits per heavy atom. The summed E-state index contributed by atoms with van der Waals surface area (Å²) >= 11 is 1.69. The van der Waals surface area contributed by atoms with E-state index in [-0.39, 0.29) is 0 Å². The molecule has 0 saturated carbocycles. The van der Waals surface area contributed by atoms with Gasteiger partial charge in [-0.3, -0.25) is 0 Å². The van der Waals surface area contributed by atoms with Crippen LogP contribution in [-0.4, -0.2) is 15.2 Å². The van der Waals surface area contributed by atoms with Crippen LogP contribution in [0.2, 0.25) is 19.6 Å². The Bertz CT molecular complexity index is 376. The number of hydrogen-bond donors (Lipinski definition) is 0. The van der Waals surface area contributed by atoms with Gasteiger partial charge in [0.25, 0.3) is 0 Å². The maximum Gasteiger partial charge on any atom is 0.148 e. The first-order valence-electron chi connectivity index (χ1n) is 4.59. The van der Waals surface area contributed by atoms with Crippen molar-refractivity contribution in [3.63, 3.8) is 0 Å². The Hall–Kier alpha value is -0.723. The molecular formula is C11H16OSSi. The molecule has 0 aliphatic heterocycles. The van der Waals surface area contributed by atoms with Crippen molar-refractivity contribution in [2.75, 3.05) is 7.11 Å². The van der Waals surface area contributed by atoms with E-state index in [0.717, 1.165) is 11.3 Å². The Morgan fingerprint density at radius 3 is 2.50 bits per heavy atom. The van der Waals surface area contributed by atoms with Crippen molar-refractivity contribution in [2.45, 2.75) is 26.6 Å². The standard InChI is InChI=1S/C11H16OSSi/c1-9-11(12-2)10(8-13-9)6-7-14(3,4)5/h8H,1-5H3. The second-order valence-electron chi connectivity index (χ2n) is 4.24. The Balaban J connectivity index is 3.01. The highest BCUT2D eigenvalue weighted by Gasteiger charge is 2.10. The second kappa shape index (κ2) is 4.20. The molecule has 14 heavy (non-hydrogen) atoms. The van der Waals surface area contributed by atoms with Gasteiger partial charge in [-0.1, -0.05) is 25.6 Å². The topological polar surface area (TPSA) is 9.23 Å². The third kappa shape index (κ3) is 2.90. The maximum absolute atomic E-state index is 5.30. The molecule has 0 N–H and O–H groups in total. The summed E-state index contributed by atoms with van der Waals surface area (Å²) in [6.45, 7) is 8.78. The Kier molecular flexibility index (Phi) is 3.41. The molecule has 0 amide bonds. The summed E-state index contributed by atoms with van der Waals surface area (Å²) in [4.78, 5) is 1.20. The van der Waals surface area contributed by atoms with E-state index in [2.05, 4.69) is 43.4 Å². The molecule has 3 heteroatoms. The van der Waals surface area contributed by atoms with Crippen LogP contribution >= 0.6 is 11.3 Å². The van der Waals surface area contributed by atoms with E-state index < -0.39 is 8.07 Å². The van der Waals surface area contributed by atoms with Gasteiger partial charge >= 0.3 is 0 Å². The number of hydrogen-bond acceptors (Lipinski definition) is 2. The molecule has 1 aromatic rings. The van der Waals surface area contributed by atoms with Gasteiger partial charge in [-0.25, -0.2) is 0 Å². The summed E-state index contributed by atoms with van der Waals surface area (Å²) in [5.74, 6) is 4.17. The van der Waals surface area contributed by atoms with E-state index in [4.69, 9.17) is 4.74 Å². The van der Waals surface area contributed by atoms with Crippen molar-refractivity contribution in [1.82, 2.24) is 0 Å². The average molecular weight is 224 g/mol. The zero-order chi connectivity index (χ0) is 10.8. The molecule has 0 radical (unpaired) electrons. The fourth-order valence-corrected chi connectivity index (χ4v) is 2.31. The lowest BCUT2D eigenvalue weighted by atomic mass is 10.3. The van der Waals surface area contributed by atoms with Gasteiger partial charge in [0.15, 0.2) is 0 Å². The van der Waals surface area contributed by atoms with Gasteiger partial charge in [-0.2, -0.15) is 0 Å². The molecular weight excluding hydrogens is 208 g/mol. The van der Waals surface area contributed by atoms with Crippen LogP contribution in [0.25, 0.3) is 0 Å². The third-order valence-electron chi connectivity index (χ3n) is 1.69. The average Bonchev–Trinajstić information content (AvgIpc) is 2.41. The Morgan fingerprint density at radius 1 is 1.36 bits per heavy atom. The molecule has 0 spiro atoms. The predicted molar refractivity (Wildman–Crippen MR) is 65.8 cm³/mol. The van der Waals surface area contributed by atoms with Crippen LogP contribution in [0.3, 0.4) is 0 Å². The van der Waals surface area contributed by atoms with Crippen molar-refractivity contribution in [3.8, 4) is 17.2 Å². The van der Waals surface area contributed by atoms with E-state index in [1.807, 2.05) is 0 Å². The van der Waals surface area contributed by atoms with Gasteiger partial charge in [0.1, 0.15) is 13.8 Å². The van der Waals surface area contributed by atoms with Crippen LogP contribution in [0.4, 0.5) is 0 Å². The summed E-state index contributed by atoms with van der Waals surface area (Å²) < 4.78 is 5.30. The van der Waals surface area contributed by atoms with E-state index in [9.17, 15) is 0 Å². The monoisotopic (exact) mass is 224 g/mol. The van der Waals surface area contributed by atoms with Crippen molar-refractivity contribution in [2.24, 2.45) is 0 Å². The molecule has 0 aliphatic rings. The van der Waals surface area contributed by atoms with Crippen LogP contribution < -0.4 is 4.74 Å².